The Morgan fingerprint density at radius 2 is 2.26 bits per heavy atom. The number of carbonyl (C=O) groups excluding carboxylic acids is 1. The van der Waals surface area contributed by atoms with Crippen LogP contribution in [0.3, 0.4) is 0 Å². The number of amides is 1. The van der Waals surface area contributed by atoms with E-state index in [0.29, 0.717) is 30.4 Å². The molecule has 0 unspecified atom stereocenters. The van der Waals surface area contributed by atoms with Crippen molar-refractivity contribution < 1.29 is 9.32 Å². The Hall–Kier alpha value is -2.51. The molecule has 0 aliphatic carbocycles. The van der Waals surface area contributed by atoms with Gasteiger partial charge in [0.1, 0.15) is 6.54 Å². The number of hydrogen-bond donors (Lipinski definition) is 0. The molecule has 1 saturated heterocycles. The number of aromatic nitrogens is 4. The largest absolute Gasteiger partial charge is 0.339 e. The maximum atomic E-state index is 12.6. The van der Waals surface area contributed by atoms with E-state index in [2.05, 4.69) is 15.2 Å². The predicted octanol–water partition coefficient (Wildman–Crippen LogP) is 0.861. The third-order valence-electron chi connectivity index (χ3n) is 3.94. The maximum Gasteiger partial charge on any atom is 0.267 e. The van der Waals surface area contributed by atoms with Crippen molar-refractivity contribution in [2.75, 3.05) is 6.54 Å². The highest BCUT2D eigenvalue weighted by molar-refractivity contribution is 5.76. The molecule has 8 heteroatoms. The number of rotatable bonds is 4. The average molecular weight is 317 g/mol. The van der Waals surface area contributed by atoms with Gasteiger partial charge in [-0.3, -0.25) is 9.59 Å². The summed E-state index contributed by atoms with van der Waals surface area (Å²) in [4.78, 5) is 30.4. The smallest absolute Gasteiger partial charge is 0.267 e. The number of carbonyl (C=O) groups is 1. The Kier molecular flexibility index (Phi) is 4.22. The van der Waals surface area contributed by atoms with E-state index in [1.54, 1.807) is 17.9 Å². The van der Waals surface area contributed by atoms with Crippen LogP contribution in [0.1, 0.15) is 43.2 Å². The van der Waals surface area contributed by atoms with Crippen molar-refractivity contribution >= 4 is 5.91 Å². The van der Waals surface area contributed by atoms with Crippen molar-refractivity contribution in [3.8, 4) is 0 Å². The highest BCUT2D eigenvalue weighted by Gasteiger charge is 2.33. The first-order chi connectivity index (χ1) is 11.1. The second-order valence-corrected chi connectivity index (χ2v) is 5.62. The first kappa shape index (κ1) is 15.4. The van der Waals surface area contributed by atoms with Crippen molar-refractivity contribution in [2.24, 2.45) is 0 Å². The summed E-state index contributed by atoms with van der Waals surface area (Å²) in [6.07, 6.45) is 2.34. The van der Waals surface area contributed by atoms with E-state index in [9.17, 15) is 9.59 Å². The van der Waals surface area contributed by atoms with Gasteiger partial charge in [-0.2, -0.15) is 10.1 Å². The molecule has 0 saturated carbocycles. The first-order valence-corrected chi connectivity index (χ1v) is 7.75. The molecule has 3 heterocycles. The van der Waals surface area contributed by atoms with E-state index in [1.165, 1.54) is 10.7 Å². The van der Waals surface area contributed by atoms with E-state index < -0.39 is 0 Å². The highest BCUT2D eigenvalue weighted by atomic mass is 16.5. The summed E-state index contributed by atoms with van der Waals surface area (Å²) < 4.78 is 6.34. The van der Waals surface area contributed by atoms with Gasteiger partial charge in [-0.25, -0.2) is 4.68 Å². The number of likely N-dealkylation sites (tertiary alicyclic amines) is 1. The Labute approximate surface area is 133 Å². The van der Waals surface area contributed by atoms with Crippen LogP contribution in [0, 0.1) is 6.92 Å². The summed E-state index contributed by atoms with van der Waals surface area (Å²) in [5.41, 5.74) is 0.411. The van der Waals surface area contributed by atoms with Gasteiger partial charge in [-0.15, -0.1) is 0 Å². The highest BCUT2D eigenvalue weighted by Crippen LogP contribution is 2.30. The summed E-state index contributed by atoms with van der Waals surface area (Å²) >= 11 is 0. The fourth-order valence-electron chi connectivity index (χ4n) is 2.76. The summed E-state index contributed by atoms with van der Waals surface area (Å²) in [6.45, 7) is 4.27. The molecule has 2 aromatic rings. The van der Waals surface area contributed by atoms with Crippen LogP contribution in [0.4, 0.5) is 0 Å². The van der Waals surface area contributed by atoms with Crippen LogP contribution >= 0.6 is 0 Å². The third kappa shape index (κ3) is 3.15. The SMILES string of the molecule is CCc1nc([C@@H]2CCCN2C(=O)Cn2nc(C)ccc2=O)no1. The number of hydrogen-bond acceptors (Lipinski definition) is 6. The van der Waals surface area contributed by atoms with Crippen molar-refractivity contribution in [3.05, 3.63) is 39.9 Å². The number of aryl methyl sites for hydroxylation is 2. The van der Waals surface area contributed by atoms with Gasteiger partial charge in [0.2, 0.25) is 11.8 Å². The van der Waals surface area contributed by atoms with Crippen molar-refractivity contribution in [3.63, 3.8) is 0 Å². The molecule has 2 aromatic heterocycles. The molecular formula is C15H19N5O3. The Bertz CT molecular complexity index is 766. The molecule has 0 spiro atoms. The molecule has 8 nitrogen and oxygen atoms in total. The lowest BCUT2D eigenvalue weighted by Gasteiger charge is -2.22. The molecule has 1 atom stereocenters. The van der Waals surface area contributed by atoms with E-state index in [4.69, 9.17) is 4.52 Å². The lowest BCUT2D eigenvalue weighted by molar-refractivity contribution is -0.133. The zero-order valence-corrected chi connectivity index (χ0v) is 13.2. The topological polar surface area (TPSA) is 94.1 Å². The van der Waals surface area contributed by atoms with Crippen LogP contribution in [0.2, 0.25) is 0 Å². The molecule has 0 N–H and O–H groups in total. The molecule has 23 heavy (non-hydrogen) atoms. The van der Waals surface area contributed by atoms with Gasteiger partial charge < -0.3 is 9.42 Å². The molecule has 3 rings (SSSR count). The first-order valence-electron chi connectivity index (χ1n) is 7.75. The maximum absolute atomic E-state index is 12.6. The van der Waals surface area contributed by atoms with Crippen LogP contribution in [0.25, 0.3) is 0 Å². The molecule has 1 amide bonds. The van der Waals surface area contributed by atoms with E-state index >= 15 is 0 Å². The molecule has 1 fully saturated rings. The fraction of sp³-hybridized carbons (Fsp3) is 0.533. The second kappa shape index (κ2) is 6.31. The molecule has 1 aliphatic heterocycles. The van der Waals surface area contributed by atoms with Gasteiger partial charge >= 0.3 is 0 Å². The lowest BCUT2D eigenvalue weighted by atomic mass is 10.2. The van der Waals surface area contributed by atoms with Crippen LogP contribution < -0.4 is 5.56 Å². The third-order valence-corrected chi connectivity index (χ3v) is 3.94. The van der Waals surface area contributed by atoms with Gasteiger partial charge in [0, 0.05) is 19.0 Å². The van der Waals surface area contributed by atoms with E-state index in [-0.39, 0.29) is 24.1 Å². The number of nitrogens with zero attached hydrogens (tertiary/aromatic N) is 5. The molecule has 0 bridgehead atoms. The average Bonchev–Trinajstić information content (AvgIpc) is 3.18. The van der Waals surface area contributed by atoms with Crippen molar-refractivity contribution in [1.29, 1.82) is 0 Å². The predicted molar refractivity (Wildman–Crippen MR) is 80.6 cm³/mol. The van der Waals surface area contributed by atoms with Gasteiger partial charge in [0.05, 0.1) is 11.7 Å². The Morgan fingerprint density at radius 1 is 1.43 bits per heavy atom. The summed E-state index contributed by atoms with van der Waals surface area (Å²) in [5, 5.41) is 8.08. The van der Waals surface area contributed by atoms with Gasteiger partial charge in [-0.1, -0.05) is 12.1 Å². The van der Waals surface area contributed by atoms with Crippen LogP contribution in [0.5, 0.6) is 0 Å². The van der Waals surface area contributed by atoms with E-state index in [1.807, 2.05) is 6.92 Å². The van der Waals surface area contributed by atoms with Crippen LogP contribution in [-0.2, 0) is 17.8 Å². The van der Waals surface area contributed by atoms with Gasteiger partial charge in [-0.05, 0) is 25.8 Å². The summed E-state index contributed by atoms with van der Waals surface area (Å²) in [6, 6.07) is 2.87. The minimum atomic E-state index is -0.285. The monoisotopic (exact) mass is 317 g/mol. The summed E-state index contributed by atoms with van der Waals surface area (Å²) in [5.74, 6) is 0.948. The standard InChI is InChI=1S/C15H19N5O3/c1-3-12-16-15(18-23-12)11-5-4-8-19(11)14(22)9-20-13(21)7-6-10(2)17-20/h6-7,11H,3-5,8-9H2,1-2H3/t11-/m0/s1. The normalized spacial score (nSPS) is 17.7. The Morgan fingerprint density at radius 3 is 3.00 bits per heavy atom. The second-order valence-electron chi connectivity index (χ2n) is 5.62. The lowest BCUT2D eigenvalue weighted by Crippen LogP contribution is -2.37. The van der Waals surface area contributed by atoms with Crippen molar-refractivity contribution in [1.82, 2.24) is 24.8 Å². The van der Waals surface area contributed by atoms with Crippen molar-refractivity contribution in [2.45, 2.75) is 45.7 Å². The van der Waals surface area contributed by atoms with Crippen LogP contribution in [0.15, 0.2) is 21.5 Å². The zero-order valence-electron chi connectivity index (χ0n) is 13.2. The zero-order chi connectivity index (χ0) is 16.4. The molecule has 122 valence electrons. The molecule has 0 radical (unpaired) electrons. The van der Waals surface area contributed by atoms with Gasteiger partial charge in [0.25, 0.3) is 5.56 Å². The summed E-state index contributed by atoms with van der Waals surface area (Å²) in [7, 11) is 0. The van der Waals surface area contributed by atoms with Gasteiger partial charge in [0.15, 0.2) is 5.82 Å². The fourth-order valence-corrected chi connectivity index (χ4v) is 2.76. The van der Waals surface area contributed by atoms with E-state index in [0.717, 1.165) is 12.8 Å². The quantitative estimate of drug-likeness (QED) is 0.830. The molecule has 0 aromatic carbocycles. The Balaban J connectivity index is 1.78. The molecular weight excluding hydrogens is 298 g/mol. The minimum Gasteiger partial charge on any atom is -0.339 e. The minimum absolute atomic E-state index is 0.0739. The molecule has 1 aliphatic rings. The van der Waals surface area contributed by atoms with Crippen LogP contribution in [-0.4, -0.2) is 37.3 Å².